The van der Waals surface area contributed by atoms with Gasteiger partial charge in [-0.2, -0.15) is 0 Å². The number of rotatable bonds is 9. The molecular formula is C27H38. The van der Waals surface area contributed by atoms with Crippen molar-refractivity contribution in [3.05, 3.63) is 60.2 Å². The van der Waals surface area contributed by atoms with E-state index in [2.05, 4.69) is 68.4 Å². The van der Waals surface area contributed by atoms with E-state index in [1.54, 1.807) is 5.56 Å². The summed E-state index contributed by atoms with van der Waals surface area (Å²) in [5.74, 6) is 2.51. The zero-order valence-electron chi connectivity index (χ0n) is 17.5. The molecule has 1 aliphatic rings. The summed E-state index contributed by atoms with van der Waals surface area (Å²) < 4.78 is 0. The minimum Gasteiger partial charge on any atom is -0.0654 e. The third-order valence-electron chi connectivity index (χ3n) is 6.85. The van der Waals surface area contributed by atoms with Gasteiger partial charge in [0.25, 0.3) is 0 Å². The predicted molar refractivity (Wildman–Crippen MR) is 119 cm³/mol. The zero-order valence-corrected chi connectivity index (χ0v) is 17.5. The molecule has 146 valence electrons. The smallest absolute Gasteiger partial charge is 0.0149 e. The van der Waals surface area contributed by atoms with E-state index < -0.39 is 0 Å². The van der Waals surface area contributed by atoms with Crippen molar-refractivity contribution < 1.29 is 0 Å². The lowest BCUT2D eigenvalue weighted by Crippen LogP contribution is -2.19. The molecule has 0 amide bonds. The second kappa shape index (κ2) is 10.7. The Kier molecular flexibility index (Phi) is 7.99. The van der Waals surface area contributed by atoms with Gasteiger partial charge in [0, 0.05) is 0 Å². The summed E-state index contributed by atoms with van der Waals surface area (Å²) in [5, 5.41) is 0. The highest BCUT2D eigenvalue weighted by Gasteiger charge is 2.27. The molecule has 2 aromatic carbocycles. The first kappa shape index (κ1) is 20.2. The van der Waals surface area contributed by atoms with E-state index in [-0.39, 0.29) is 0 Å². The Morgan fingerprint density at radius 3 is 2.19 bits per heavy atom. The van der Waals surface area contributed by atoms with Crippen molar-refractivity contribution in [3.63, 3.8) is 0 Å². The number of hydrogen-bond donors (Lipinski definition) is 0. The third-order valence-corrected chi connectivity index (χ3v) is 6.85. The number of unbranched alkanes of at least 4 members (excludes halogenated alkanes) is 4. The van der Waals surface area contributed by atoms with Crippen LogP contribution in [0, 0.1) is 11.8 Å². The topological polar surface area (TPSA) is 0 Å². The van der Waals surface area contributed by atoms with Gasteiger partial charge in [-0.15, -0.1) is 0 Å². The lowest BCUT2D eigenvalue weighted by atomic mass is 9.72. The van der Waals surface area contributed by atoms with Gasteiger partial charge >= 0.3 is 0 Å². The fourth-order valence-corrected chi connectivity index (χ4v) is 5.04. The Morgan fingerprint density at radius 2 is 1.44 bits per heavy atom. The van der Waals surface area contributed by atoms with Crippen LogP contribution in [0.5, 0.6) is 0 Å². The molecule has 0 saturated heterocycles. The molecule has 0 bridgehead atoms. The molecule has 0 radical (unpaired) electrons. The SMILES string of the molecule is CCCCCCCC1CCC(C(C)c2ccccc2-c2ccccc2)CC1. The highest BCUT2D eigenvalue weighted by molar-refractivity contribution is 5.68. The molecule has 1 unspecified atom stereocenters. The summed E-state index contributed by atoms with van der Waals surface area (Å²) in [5.41, 5.74) is 4.34. The summed E-state index contributed by atoms with van der Waals surface area (Å²) in [6.07, 6.45) is 14.4. The second-order valence-electron chi connectivity index (χ2n) is 8.73. The van der Waals surface area contributed by atoms with E-state index in [1.165, 1.54) is 75.3 Å². The molecule has 2 aromatic rings. The molecule has 0 heteroatoms. The summed E-state index contributed by atoms with van der Waals surface area (Å²) in [6, 6.07) is 20.0. The van der Waals surface area contributed by atoms with E-state index in [4.69, 9.17) is 0 Å². The van der Waals surface area contributed by atoms with Crippen LogP contribution in [0.15, 0.2) is 54.6 Å². The number of hydrogen-bond acceptors (Lipinski definition) is 0. The Balaban J connectivity index is 1.55. The van der Waals surface area contributed by atoms with Crippen molar-refractivity contribution in [3.8, 4) is 11.1 Å². The molecule has 1 atom stereocenters. The lowest BCUT2D eigenvalue weighted by molar-refractivity contribution is 0.236. The van der Waals surface area contributed by atoms with Gasteiger partial charge in [0.1, 0.15) is 0 Å². The molecule has 27 heavy (non-hydrogen) atoms. The molecule has 0 aromatic heterocycles. The van der Waals surface area contributed by atoms with Crippen LogP contribution in [0.3, 0.4) is 0 Å². The van der Waals surface area contributed by atoms with Gasteiger partial charge in [0.05, 0.1) is 0 Å². The maximum Gasteiger partial charge on any atom is -0.0149 e. The molecule has 1 saturated carbocycles. The lowest BCUT2D eigenvalue weighted by Gasteiger charge is -2.33. The van der Waals surface area contributed by atoms with Crippen LogP contribution in [-0.4, -0.2) is 0 Å². The summed E-state index contributed by atoms with van der Waals surface area (Å²) >= 11 is 0. The third kappa shape index (κ3) is 5.71. The fraction of sp³-hybridized carbons (Fsp3) is 0.556. The van der Waals surface area contributed by atoms with Crippen molar-refractivity contribution in [2.75, 3.05) is 0 Å². The average molecular weight is 363 g/mol. The largest absolute Gasteiger partial charge is 0.0654 e. The van der Waals surface area contributed by atoms with Gasteiger partial charge in [-0.3, -0.25) is 0 Å². The summed E-state index contributed by atoms with van der Waals surface area (Å²) in [4.78, 5) is 0. The fourth-order valence-electron chi connectivity index (χ4n) is 5.04. The Hall–Kier alpha value is -1.56. The molecule has 1 aliphatic carbocycles. The minimum atomic E-state index is 0.659. The quantitative estimate of drug-likeness (QED) is 0.392. The van der Waals surface area contributed by atoms with E-state index in [1.807, 2.05) is 0 Å². The normalized spacial score (nSPS) is 21.1. The maximum absolute atomic E-state index is 2.47. The Bertz CT molecular complexity index is 649. The van der Waals surface area contributed by atoms with Crippen molar-refractivity contribution in [2.45, 2.75) is 84.0 Å². The minimum absolute atomic E-state index is 0.659. The Morgan fingerprint density at radius 1 is 0.778 bits per heavy atom. The van der Waals surface area contributed by atoms with Crippen LogP contribution in [0.4, 0.5) is 0 Å². The average Bonchev–Trinajstić information content (AvgIpc) is 2.74. The Labute approximate surface area is 167 Å². The van der Waals surface area contributed by atoms with Gasteiger partial charge < -0.3 is 0 Å². The van der Waals surface area contributed by atoms with Crippen molar-refractivity contribution in [1.29, 1.82) is 0 Å². The van der Waals surface area contributed by atoms with Crippen molar-refractivity contribution in [2.24, 2.45) is 11.8 Å². The molecule has 0 heterocycles. The van der Waals surface area contributed by atoms with Gasteiger partial charge in [-0.25, -0.2) is 0 Å². The molecule has 3 rings (SSSR count). The van der Waals surface area contributed by atoms with Gasteiger partial charge in [-0.1, -0.05) is 120 Å². The first-order valence-electron chi connectivity index (χ1n) is 11.4. The van der Waals surface area contributed by atoms with Crippen LogP contribution >= 0.6 is 0 Å². The highest BCUT2D eigenvalue weighted by Crippen LogP contribution is 2.42. The first-order chi connectivity index (χ1) is 13.3. The van der Waals surface area contributed by atoms with Gasteiger partial charge in [0.15, 0.2) is 0 Å². The molecule has 1 fully saturated rings. The van der Waals surface area contributed by atoms with Crippen molar-refractivity contribution >= 4 is 0 Å². The standard InChI is InChI=1S/C27H38/c1-3-4-5-6-8-13-23-18-20-24(21-19-23)22(2)26-16-11-12-17-27(26)25-14-9-7-10-15-25/h7,9-12,14-17,22-24H,3-6,8,13,18-21H2,1-2H3. The summed E-state index contributed by atoms with van der Waals surface area (Å²) in [6.45, 7) is 4.77. The second-order valence-corrected chi connectivity index (χ2v) is 8.73. The van der Waals surface area contributed by atoms with Crippen molar-refractivity contribution in [1.82, 2.24) is 0 Å². The maximum atomic E-state index is 2.47. The predicted octanol–water partition coefficient (Wildman–Crippen LogP) is 8.62. The first-order valence-corrected chi connectivity index (χ1v) is 11.4. The monoisotopic (exact) mass is 362 g/mol. The number of benzene rings is 2. The highest BCUT2D eigenvalue weighted by atomic mass is 14.3. The van der Waals surface area contributed by atoms with Gasteiger partial charge in [-0.05, 0) is 47.3 Å². The zero-order chi connectivity index (χ0) is 18.9. The van der Waals surface area contributed by atoms with Crippen LogP contribution in [-0.2, 0) is 0 Å². The molecule has 0 N–H and O–H groups in total. The van der Waals surface area contributed by atoms with Crippen LogP contribution in [0.2, 0.25) is 0 Å². The van der Waals surface area contributed by atoms with Crippen LogP contribution < -0.4 is 0 Å². The summed E-state index contributed by atoms with van der Waals surface area (Å²) in [7, 11) is 0. The van der Waals surface area contributed by atoms with Crippen LogP contribution in [0.25, 0.3) is 11.1 Å². The van der Waals surface area contributed by atoms with Crippen LogP contribution in [0.1, 0.15) is 89.5 Å². The van der Waals surface area contributed by atoms with Gasteiger partial charge in [0.2, 0.25) is 0 Å². The molecule has 0 aliphatic heterocycles. The van der Waals surface area contributed by atoms with E-state index in [0.717, 1.165) is 11.8 Å². The van der Waals surface area contributed by atoms with E-state index in [0.29, 0.717) is 5.92 Å². The molecular weight excluding hydrogens is 324 g/mol. The van der Waals surface area contributed by atoms with E-state index >= 15 is 0 Å². The molecule has 0 nitrogen and oxygen atoms in total. The van der Waals surface area contributed by atoms with E-state index in [9.17, 15) is 0 Å². The molecule has 0 spiro atoms.